The molecule has 0 spiro atoms. The molecule has 0 saturated carbocycles. The van der Waals surface area contributed by atoms with Crippen LogP contribution in [0.5, 0.6) is 5.75 Å². The molecule has 0 bridgehead atoms. The zero-order valence-electron chi connectivity index (χ0n) is 12.6. The van der Waals surface area contributed by atoms with E-state index in [1.54, 1.807) is 0 Å². The van der Waals surface area contributed by atoms with Crippen LogP contribution in [0.4, 0.5) is 0 Å². The quantitative estimate of drug-likeness (QED) is 0.848. The molecule has 1 aromatic carbocycles. The van der Waals surface area contributed by atoms with E-state index in [9.17, 15) is 14.7 Å². The molecule has 1 fully saturated rings. The summed E-state index contributed by atoms with van der Waals surface area (Å²) < 4.78 is 12.8. The van der Waals surface area contributed by atoms with E-state index in [4.69, 9.17) is 9.47 Å². The Morgan fingerprint density at radius 1 is 1.30 bits per heavy atom. The maximum Gasteiger partial charge on any atom is 0.252 e. The molecule has 0 atom stereocenters. The smallest absolute Gasteiger partial charge is 0.252 e. The number of aromatic nitrogens is 2. The number of nitrogens with zero attached hydrogens (tertiary/aromatic N) is 2. The standard InChI is InChI=1S/C16H16N2O5/c1-11(19)14-15(21)13(20)9-18(17-14)10-16(22-7-8-23-16)12-5-3-2-4-6-12/h2-6,9,20H,7-8,10H2,1H3. The van der Waals surface area contributed by atoms with Crippen LogP contribution in [-0.4, -0.2) is 33.9 Å². The van der Waals surface area contributed by atoms with Crippen LogP contribution in [0.1, 0.15) is 23.0 Å². The summed E-state index contributed by atoms with van der Waals surface area (Å²) in [6.45, 7) is 2.16. The molecule has 0 amide bonds. The van der Waals surface area contributed by atoms with Crippen LogP contribution in [-0.2, 0) is 21.8 Å². The maximum atomic E-state index is 11.7. The van der Waals surface area contributed by atoms with Crippen molar-refractivity contribution in [2.75, 3.05) is 13.2 Å². The molecule has 3 rings (SSSR count). The monoisotopic (exact) mass is 316 g/mol. The van der Waals surface area contributed by atoms with Crippen molar-refractivity contribution in [2.24, 2.45) is 0 Å². The van der Waals surface area contributed by atoms with E-state index in [2.05, 4.69) is 5.10 Å². The van der Waals surface area contributed by atoms with Gasteiger partial charge in [-0.15, -0.1) is 0 Å². The molecule has 1 N–H and O–H groups in total. The Balaban J connectivity index is 2.02. The normalized spacial score (nSPS) is 16.4. The molecule has 2 aromatic rings. The van der Waals surface area contributed by atoms with Crippen LogP contribution >= 0.6 is 0 Å². The summed E-state index contributed by atoms with van der Waals surface area (Å²) in [5, 5.41) is 13.8. The maximum absolute atomic E-state index is 11.7. The zero-order chi connectivity index (χ0) is 16.4. The number of carbonyl (C=O) groups excluding carboxylic acids is 1. The molecule has 23 heavy (non-hydrogen) atoms. The van der Waals surface area contributed by atoms with Gasteiger partial charge >= 0.3 is 0 Å². The van der Waals surface area contributed by atoms with Gasteiger partial charge in [0.15, 0.2) is 17.2 Å². The van der Waals surface area contributed by atoms with Crippen LogP contribution in [0.2, 0.25) is 0 Å². The molecule has 1 aliphatic rings. The Morgan fingerprint density at radius 3 is 2.57 bits per heavy atom. The van der Waals surface area contributed by atoms with Crippen molar-refractivity contribution in [3.8, 4) is 5.75 Å². The van der Waals surface area contributed by atoms with Crippen LogP contribution < -0.4 is 5.43 Å². The number of hydrogen-bond donors (Lipinski definition) is 1. The molecule has 1 aliphatic heterocycles. The number of rotatable bonds is 4. The summed E-state index contributed by atoms with van der Waals surface area (Å²) in [5.41, 5.74) is -0.302. The number of benzene rings is 1. The van der Waals surface area contributed by atoms with Crippen molar-refractivity contribution in [3.05, 3.63) is 58.0 Å². The van der Waals surface area contributed by atoms with Gasteiger partial charge in [0.2, 0.25) is 5.79 Å². The summed E-state index contributed by atoms with van der Waals surface area (Å²) in [6.07, 6.45) is 1.17. The van der Waals surface area contributed by atoms with E-state index in [1.165, 1.54) is 17.8 Å². The average molecular weight is 316 g/mol. The topological polar surface area (TPSA) is 90.7 Å². The van der Waals surface area contributed by atoms with Gasteiger partial charge in [0.05, 0.1) is 26.0 Å². The minimum Gasteiger partial charge on any atom is -0.503 e. The minimum atomic E-state index is -1.07. The van der Waals surface area contributed by atoms with E-state index in [0.717, 1.165) is 5.56 Å². The zero-order valence-corrected chi connectivity index (χ0v) is 12.6. The van der Waals surface area contributed by atoms with Gasteiger partial charge < -0.3 is 14.6 Å². The Labute approximate surface area is 132 Å². The summed E-state index contributed by atoms with van der Waals surface area (Å²) in [5.74, 6) is -2.11. The van der Waals surface area contributed by atoms with Crippen LogP contribution in [0.15, 0.2) is 41.3 Å². The summed E-state index contributed by atoms with van der Waals surface area (Å²) >= 11 is 0. The highest BCUT2D eigenvalue weighted by atomic mass is 16.7. The van der Waals surface area contributed by atoms with E-state index in [-0.39, 0.29) is 12.2 Å². The van der Waals surface area contributed by atoms with Gasteiger partial charge in [0.1, 0.15) is 0 Å². The SMILES string of the molecule is CC(=O)c1nn(CC2(c3ccccc3)OCCO2)cc(O)c1=O. The number of aromatic hydroxyl groups is 1. The van der Waals surface area contributed by atoms with Gasteiger partial charge in [-0.05, 0) is 0 Å². The fourth-order valence-corrected chi connectivity index (χ4v) is 2.54. The van der Waals surface area contributed by atoms with Crippen molar-refractivity contribution in [1.82, 2.24) is 9.78 Å². The fraction of sp³-hybridized carbons (Fsp3) is 0.312. The second kappa shape index (κ2) is 5.94. The van der Waals surface area contributed by atoms with Gasteiger partial charge in [-0.25, -0.2) is 0 Å². The number of ether oxygens (including phenoxy) is 2. The first-order chi connectivity index (χ1) is 11.0. The van der Waals surface area contributed by atoms with E-state index in [0.29, 0.717) is 13.2 Å². The lowest BCUT2D eigenvalue weighted by atomic mass is 10.1. The second-order valence-corrected chi connectivity index (χ2v) is 5.26. The predicted molar refractivity (Wildman–Crippen MR) is 80.2 cm³/mol. The summed E-state index contributed by atoms with van der Waals surface area (Å²) in [7, 11) is 0. The van der Waals surface area contributed by atoms with E-state index < -0.39 is 22.7 Å². The van der Waals surface area contributed by atoms with Crippen molar-refractivity contribution in [2.45, 2.75) is 19.3 Å². The van der Waals surface area contributed by atoms with Crippen molar-refractivity contribution in [3.63, 3.8) is 0 Å². The Morgan fingerprint density at radius 2 is 1.96 bits per heavy atom. The lowest BCUT2D eigenvalue weighted by molar-refractivity contribution is -0.178. The number of Topliss-reactive ketones (excluding diaryl/α,β-unsaturated/α-hetero) is 1. The first-order valence-corrected chi connectivity index (χ1v) is 7.17. The summed E-state index contributed by atoms with van der Waals surface area (Å²) in [6, 6.07) is 9.32. The Kier molecular flexibility index (Phi) is 3.97. The average Bonchev–Trinajstić information content (AvgIpc) is 3.01. The van der Waals surface area contributed by atoms with Crippen LogP contribution in [0.25, 0.3) is 0 Å². The Bertz CT molecular complexity index is 779. The summed E-state index contributed by atoms with van der Waals surface area (Å²) in [4.78, 5) is 23.2. The highest BCUT2D eigenvalue weighted by Gasteiger charge is 2.39. The van der Waals surface area contributed by atoms with Gasteiger partial charge in [-0.3, -0.25) is 14.3 Å². The lowest BCUT2D eigenvalue weighted by Gasteiger charge is -2.28. The van der Waals surface area contributed by atoms with E-state index in [1.807, 2.05) is 30.3 Å². The van der Waals surface area contributed by atoms with Crippen LogP contribution in [0.3, 0.4) is 0 Å². The molecule has 120 valence electrons. The third kappa shape index (κ3) is 2.88. The van der Waals surface area contributed by atoms with Gasteiger partial charge in [-0.1, -0.05) is 30.3 Å². The third-order valence-corrected chi connectivity index (χ3v) is 3.62. The van der Waals surface area contributed by atoms with Crippen molar-refractivity contribution < 1.29 is 19.4 Å². The molecule has 2 heterocycles. The lowest BCUT2D eigenvalue weighted by Crippen LogP contribution is -2.34. The molecule has 1 aromatic heterocycles. The molecule has 0 unspecified atom stereocenters. The first-order valence-electron chi connectivity index (χ1n) is 7.17. The number of hydrogen-bond acceptors (Lipinski definition) is 6. The van der Waals surface area contributed by atoms with Gasteiger partial charge in [0.25, 0.3) is 5.43 Å². The second-order valence-electron chi connectivity index (χ2n) is 5.26. The van der Waals surface area contributed by atoms with E-state index >= 15 is 0 Å². The molecule has 0 radical (unpaired) electrons. The molecule has 7 heteroatoms. The third-order valence-electron chi connectivity index (χ3n) is 3.62. The fourth-order valence-electron chi connectivity index (χ4n) is 2.54. The van der Waals surface area contributed by atoms with Crippen molar-refractivity contribution in [1.29, 1.82) is 0 Å². The highest BCUT2D eigenvalue weighted by molar-refractivity contribution is 5.92. The molecule has 1 saturated heterocycles. The molecule has 7 nitrogen and oxygen atoms in total. The van der Waals surface area contributed by atoms with Crippen LogP contribution in [0, 0.1) is 0 Å². The molecular weight excluding hydrogens is 300 g/mol. The van der Waals surface area contributed by atoms with Gasteiger partial charge in [0, 0.05) is 12.5 Å². The predicted octanol–water partition coefficient (Wildman–Crippen LogP) is 1.05. The number of carbonyl (C=O) groups is 1. The Hall–Kier alpha value is -2.51. The first kappa shape index (κ1) is 15.4. The molecular formula is C16H16N2O5. The number of ketones is 1. The minimum absolute atomic E-state index is 0.102. The highest BCUT2D eigenvalue weighted by Crippen LogP contribution is 2.33. The largest absolute Gasteiger partial charge is 0.503 e. The van der Waals surface area contributed by atoms with Gasteiger partial charge in [-0.2, -0.15) is 5.10 Å². The molecule has 0 aliphatic carbocycles. The van der Waals surface area contributed by atoms with Crippen molar-refractivity contribution >= 4 is 5.78 Å².